The van der Waals surface area contributed by atoms with Gasteiger partial charge in [0.1, 0.15) is 11.9 Å². The molecule has 3 atom stereocenters. The van der Waals surface area contributed by atoms with E-state index in [4.69, 9.17) is 22.1 Å². The van der Waals surface area contributed by atoms with Crippen molar-refractivity contribution in [1.82, 2.24) is 10.2 Å². The van der Waals surface area contributed by atoms with Gasteiger partial charge in [-0.1, -0.05) is 17.7 Å². The monoisotopic (exact) mass is 449 g/mol. The number of amides is 2. The average Bonchev–Trinajstić information content (AvgIpc) is 2.73. The number of nitrogens with two attached hydrogens (primary N) is 1. The fourth-order valence-corrected chi connectivity index (χ4v) is 6.95. The second-order valence-corrected chi connectivity index (χ2v) is 10.4. The Labute approximate surface area is 186 Å². The summed E-state index contributed by atoms with van der Waals surface area (Å²) in [7, 11) is 0. The maximum atomic E-state index is 14.2. The Morgan fingerprint density at radius 2 is 2.00 bits per heavy atom. The molecule has 0 radical (unpaired) electrons. The molecule has 6 rings (SSSR count). The minimum absolute atomic E-state index is 0.0801. The van der Waals surface area contributed by atoms with E-state index in [1.807, 2.05) is 4.90 Å². The first-order chi connectivity index (χ1) is 14.8. The van der Waals surface area contributed by atoms with Crippen molar-refractivity contribution < 1.29 is 18.7 Å². The lowest BCUT2D eigenvalue weighted by Gasteiger charge is -2.59. The Bertz CT molecular complexity index is 861. The standard InChI is InChI=1S/C23H29ClFN3O3/c24-17-2-1-3-18(25)16(17)11-28-4-5-31-19(12-28)21(29)27-20-14-6-13-7-15(20)10-23(8-13,9-14)22(26)30/h1-3,13-15,19-20H,4-12H2,(H2,26,30)(H,27,29)/t13?,14?,15?,19-,20?,23?/m1/s1. The quantitative estimate of drug-likeness (QED) is 0.723. The number of hydrogen-bond acceptors (Lipinski definition) is 4. The molecule has 3 N–H and O–H groups in total. The van der Waals surface area contributed by atoms with Gasteiger partial charge in [-0.15, -0.1) is 0 Å². The SMILES string of the molecule is NC(=O)C12CC3CC(C1)C(NC(=O)[C@H]1CN(Cc4c(F)cccc4Cl)CCO1)C(C3)C2. The van der Waals surface area contributed by atoms with Gasteiger partial charge in [-0.05, 0) is 62.0 Å². The number of morpholine rings is 1. The van der Waals surface area contributed by atoms with Crippen LogP contribution in [0, 0.1) is 29.0 Å². The lowest BCUT2D eigenvalue weighted by atomic mass is 9.47. The Morgan fingerprint density at radius 1 is 1.26 bits per heavy atom. The van der Waals surface area contributed by atoms with E-state index in [0.717, 1.165) is 32.1 Å². The highest BCUT2D eigenvalue weighted by molar-refractivity contribution is 6.31. The lowest BCUT2D eigenvalue weighted by Crippen LogP contribution is -2.63. The summed E-state index contributed by atoms with van der Waals surface area (Å²) < 4.78 is 19.9. The van der Waals surface area contributed by atoms with Crippen LogP contribution in [-0.2, 0) is 20.9 Å². The van der Waals surface area contributed by atoms with Crippen molar-refractivity contribution in [2.45, 2.75) is 50.8 Å². The zero-order valence-electron chi connectivity index (χ0n) is 17.5. The van der Waals surface area contributed by atoms with Crippen LogP contribution in [0.15, 0.2) is 18.2 Å². The minimum Gasteiger partial charge on any atom is -0.369 e. The molecule has 31 heavy (non-hydrogen) atoms. The number of nitrogens with one attached hydrogen (secondary N) is 1. The summed E-state index contributed by atoms with van der Waals surface area (Å²) in [5.41, 5.74) is 5.85. The smallest absolute Gasteiger partial charge is 0.250 e. The molecule has 2 amide bonds. The van der Waals surface area contributed by atoms with Crippen LogP contribution in [0.2, 0.25) is 5.02 Å². The Kier molecular flexibility index (Phi) is 5.47. The van der Waals surface area contributed by atoms with Gasteiger partial charge in [0.2, 0.25) is 5.91 Å². The fourth-order valence-electron chi connectivity index (χ4n) is 6.73. The summed E-state index contributed by atoms with van der Waals surface area (Å²) in [6.07, 6.45) is 3.99. The van der Waals surface area contributed by atoms with Gasteiger partial charge in [0, 0.05) is 41.7 Å². The second-order valence-electron chi connectivity index (χ2n) is 9.94. The molecule has 4 aliphatic carbocycles. The number of primary amides is 1. The maximum absolute atomic E-state index is 14.2. The van der Waals surface area contributed by atoms with Crippen LogP contribution < -0.4 is 11.1 Å². The summed E-state index contributed by atoms with van der Waals surface area (Å²) in [6, 6.07) is 4.74. The zero-order valence-corrected chi connectivity index (χ0v) is 18.2. The molecule has 1 aromatic carbocycles. The van der Waals surface area contributed by atoms with E-state index in [-0.39, 0.29) is 29.1 Å². The Balaban J connectivity index is 1.23. The first-order valence-corrected chi connectivity index (χ1v) is 11.6. The van der Waals surface area contributed by atoms with E-state index in [9.17, 15) is 14.0 Å². The van der Waals surface area contributed by atoms with Gasteiger partial charge in [-0.2, -0.15) is 0 Å². The minimum atomic E-state index is -0.596. The molecular weight excluding hydrogens is 421 g/mol. The van der Waals surface area contributed by atoms with E-state index in [2.05, 4.69) is 5.32 Å². The number of hydrogen-bond donors (Lipinski definition) is 2. The van der Waals surface area contributed by atoms with E-state index >= 15 is 0 Å². The number of ether oxygens (including phenoxy) is 1. The van der Waals surface area contributed by atoms with Crippen molar-refractivity contribution in [3.05, 3.63) is 34.6 Å². The average molecular weight is 450 g/mol. The van der Waals surface area contributed by atoms with Crippen molar-refractivity contribution in [2.75, 3.05) is 19.7 Å². The van der Waals surface area contributed by atoms with Gasteiger partial charge in [0.05, 0.1) is 6.61 Å². The number of benzene rings is 1. The molecule has 168 valence electrons. The number of nitrogens with zero attached hydrogens (tertiary/aromatic N) is 1. The Hall–Kier alpha value is -1.70. The van der Waals surface area contributed by atoms with Crippen LogP contribution in [0.25, 0.3) is 0 Å². The first-order valence-electron chi connectivity index (χ1n) is 11.2. The molecule has 1 saturated heterocycles. The zero-order chi connectivity index (χ0) is 21.8. The van der Waals surface area contributed by atoms with Gasteiger partial charge >= 0.3 is 0 Å². The van der Waals surface area contributed by atoms with Gasteiger partial charge in [-0.3, -0.25) is 14.5 Å². The predicted octanol–water partition coefficient (Wildman–Crippen LogP) is 2.48. The van der Waals surface area contributed by atoms with Crippen molar-refractivity contribution >= 4 is 23.4 Å². The van der Waals surface area contributed by atoms with Crippen molar-refractivity contribution in [2.24, 2.45) is 28.9 Å². The summed E-state index contributed by atoms with van der Waals surface area (Å²) in [6.45, 7) is 1.77. The molecular formula is C23H29ClFN3O3. The molecule has 1 aliphatic heterocycles. The maximum Gasteiger partial charge on any atom is 0.250 e. The van der Waals surface area contributed by atoms with E-state index in [0.29, 0.717) is 54.6 Å². The molecule has 4 bridgehead atoms. The van der Waals surface area contributed by atoms with Crippen molar-refractivity contribution in [1.29, 1.82) is 0 Å². The van der Waals surface area contributed by atoms with Crippen LogP contribution in [0.3, 0.4) is 0 Å². The van der Waals surface area contributed by atoms with Crippen LogP contribution in [0.1, 0.15) is 37.7 Å². The number of rotatable bonds is 5. The van der Waals surface area contributed by atoms with Crippen LogP contribution >= 0.6 is 11.6 Å². The molecule has 6 nitrogen and oxygen atoms in total. The van der Waals surface area contributed by atoms with E-state index in [1.165, 1.54) is 6.07 Å². The second kappa shape index (κ2) is 8.01. The number of carbonyl (C=O) groups excluding carboxylic acids is 2. The molecule has 5 fully saturated rings. The predicted molar refractivity (Wildman–Crippen MR) is 114 cm³/mol. The van der Waals surface area contributed by atoms with Crippen LogP contribution in [0.4, 0.5) is 4.39 Å². The summed E-state index contributed by atoms with van der Waals surface area (Å²) in [4.78, 5) is 27.2. The summed E-state index contributed by atoms with van der Waals surface area (Å²) in [5.74, 6) is 0.533. The molecule has 1 aromatic rings. The topological polar surface area (TPSA) is 84.7 Å². The largest absolute Gasteiger partial charge is 0.369 e. The molecule has 0 spiro atoms. The molecule has 1 heterocycles. The third kappa shape index (κ3) is 3.85. The van der Waals surface area contributed by atoms with E-state index in [1.54, 1.807) is 12.1 Å². The summed E-state index contributed by atoms with van der Waals surface area (Å²) in [5, 5.41) is 3.65. The van der Waals surface area contributed by atoms with E-state index < -0.39 is 6.10 Å². The van der Waals surface area contributed by atoms with Crippen LogP contribution in [-0.4, -0.2) is 48.6 Å². The normalized spacial score (nSPS) is 37.0. The molecule has 2 unspecified atom stereocenters. The van der Waals surface area contributed by atoms with Gasteiger partial charge in [0.15, 0.2) is 0 Å². The third-order valence-electron chi connectivity index (χ3n) is 7.99. The molecule has 8 heteroatoms. The van der Waals surface area contributed by atoms with Gasteiger partial charge in [-0.25, -0.2) is 4.39 Å². The summed E-state index contributed by atoms with van der Waals surface area (Å²) >= 11 is 6.17. The molecule has 0 aromatic heterocycles. The van der Waals surface area contributed by atoms with Gasteiger partial charge < -0.3 is 15.8 Å². The van der Waals surface area contributed by atoms with Crippen LogP contribution in [0.5, 0.6) is 0 Å². The number of halogens is 2. The highest BCUT2D eigenvalue weighted by Gasteiger charge is 2.58. The Morgan fingerprint density at radius 3 is 2.68 bits per heavy atom. The number of carbonyl (C=O) groups is 2. The first kappa shape index (κ1) is 21.2. The van der Waals surface area contributed by atoms with Crippen molar-refractivity contribution in [3.8, 4) is 0 Å². The lowest BCUT2D eigenvalue weighted by molar-refractivity contribution is -0.151. The highest BCUT2D eigenvalue weighted by Crippen LogP contribution is 2.59. The fraction of sp³-hybridized carbons (Fsp3) is 0.652. The highest BCUT2D eigenvalue weighted by atomic mass is 35.5. The molecule has 4 saturated carbocycles. The third-order valence-corrected chi connectivity index (χ3v) is 8.35. The van der Waals surface area contributed by atoms with Gasteiger partial charge in [0.25, 0.3) is 5.91 Å². The van der Waals surface area contributed by atoms with Crippen molar-refractivity contribution in [3.63, 3.8) is 0 Å². The molecule has 5 aliphatic rings.